The molecule has 0 amide bonds. The molecule has 0 aliphatic rings. The highest BCUT2D eigenvalue weighted by Crippen LogP contribution is 2.22. The summed E-state index contributed by atoms with van der Waals surface area (Å²) in [5.41, 5.74) is 4.37. The first kappa shape index (κ1) is 10.5. The lowest BCUT2D eigenvalue weighted by Crippen LogP contribution is -2.08. The molecule has 0 saturated heterocycles. The first-order valence-electron chi connectivity index (χ1n) is 3.76. The fraction of sp³-hybridized carbons (Fsp3) is 0.250. The molecule has 14 heavy (non-hydrogen) atoms. The molecule has 6 heteroatoms. The minimum absolute atomic E-state index is 0.0482. The Hall–Kier alpha value is -1.56. The highest BCUT2D eigenvalue weighted by atomic mass is 19.3. The molecule has 1 rings (SSSR count). The molecule has 1 heterocycles. The summed E-state index contributed by atoms with van der Waals surface area (Å²) in [5.74, 6) is -1.47. The van der Waals surface area contributed by atoms with Gasteiger partial charge in [-0.1, -0.05) is 0 Å². The molecule has 1 aromatic heterocycles. The number of carboxylic acids is 1. The molecule has 0 atom stereocenters. The molecule has 0 radical (unpaired) electrons. The van der Waals surface area contributed by atoms with Gasteiger partial charge in [0.2, 0.25) is 0 Å². The summed E-state index contributed by atoms with van der Waals surface area (Å²) in [6.45, 7) is 0.0482. The highest BCUT2D eigenvalue weighted by Gasteiger charge is 2.19. The average molecular weight is 202 g/mol. The molecule has 76 valence electrons. The zero-order valence-corrected chi connectivity index (χ0v) is 7.08. The minimum Gasteiger partial charge on any atom is -0.476 e. The van der Waals surface area contributed by atoms with E-state index in [4.69, 9.17) is 10.8 Å². The van der Waals surface area contributed by atoms with Gasteiger partial charge >= 0.3 is 5.97 Å². The molecule has 0 spiro atoms. The van der Waals surface area contributed by atoms with E-state index in [1.54, 1.807) is 0 Å². The van der Waals surface area contributed by atoms with Crippen molar-refractivity contribution >= 4 is 5.97 Å². The van der Waals surface area contributed by atoms with Crippen LogP contribution in [0.4, 0.5) is 8.78 Å². The van der Waals surface area contributed by atoms with Gasteiger partial charge in [0.05, 0.1) is 5.56 Å². The zero-order chi connectivity index (χ0) is 10.7. The van der Waals surface area contributed by atoms with Crippen LogP contribution in [0.25, 0.3) is 0 Å². The van der Waals surface area contributed by atoms with Crippen LogP contribution >= 0.6 is 0 Å². The van der Waals surface area contributed by atoms with Gasteiger partial charge in [-0.15, -0.1) is 0 Å². The van der Waals surface area contributed by atoms with Gasteiger partial charge in [0, 0.05) is 12.7 Å². The number of aromatic carboxylic acids is 1. The molecule has 0 aromatic carbocycles. The van der Waals surface area contributed by atoms with E-state index in [1.807, 2.05) is 0 Å². The van der Waals surface area contributed by atoms with Gasteiger partial charge < -0.3 is 10.8 Å². The van der Waals surface area contributed by atoms with Crippen LogP contribution in [0.2, 0.25) is 0 Å². The number of pyridine rings is 1. The summed E-state index contributed by atoms with van der Waals surface area (Å²) in [4.78, 5) is 13.9. The van der Waals surface area contributed by atoms with Gasteiger partial charge in [0.1, 0.15) is 0 Å². The predicted octanol–water partition coefficient (Wildman–Crippen LogP) is 1.18. The summed E-state index contributed by atoms with van der Waals surface area (Å²) >= 11 is 0. The second kappa shape index (κ2) is 4.10. The Kier molecular flexibility index (Phi) is 3.08. The Morgan fingerprint density at radius 2 is 2.29 bits per heavy atom. The Labute approximate surface area is 78.4 Å². The van der Waals surface area contributed by atoms with Gasteiger partial charge in [0.15, 0.2) is 5.69 Å². The smallest absolute Gasteiger partial charge is 0.354 e. The Morgan fingerprint density at radius 3 is 2.71 bits per heavy atom. The monoisotopic (exact) mass is 202 g/mol. The molecule has 0 bridgehead atoms. The highest BCUT2D eigenvalue weighted by molar-refractivity contribution is 5.87. The van der Waals surface area contributed by atoms with E-state index < -0.39 is 23.7 Å². The summed E-state index contributed by atoms with van der Waals surface area (Å²) in [6, 6.07) is 1.06. The summed E-state index contributed by atoms with van der Waals surface area (Å²) in [5, 5.41) is 8.55. The number of halogens is 2. The summed E-state index contributed by atoms with van der Waals surface area (Å²) in [6.07, 6.45) is -1.69. The average Bonchev–Trinajstić information content (AvgIpc) is 2.16. The van der Waals surface area contributed by atoms with Gasteiger partial charge in [0.25, 0.3) is 6.43 Å². The van der Waals surface area contributed by atoms with Gasteiger partial charge in [-0.3, -0.25) is 0 Å². The van der Waals surface area contributed by atoms with E-state index >= 15 is 0 Å². The van der Waals surface area contributed by atoms with Crippen molar-refractivity contribution in [1.82, 2.24) is 4.98 Å². The van der Waals surface area contributed by atoms with Crippen LogP contribution in [0.1, 0.15) is 28.0 Å². The van der Waals surface area contributed by atoms with Gasteiger partial charge in [-0.2, -0.15) is 0 Å². The van der Waals surface area contributed by atoms with Crippen molar-refractivity contribution in [1.29, 1.82) is 0 Å². The SMILES string of the molecule is NCc1cnc(C(=O)O)c(C(F)F)c1. The van der Waals surface area contributed by atoms with Crippen molar-refractivity contribution in [2.24, 2.45) is 5.73 Å². The number of alkyl halides is 2. The molecule has 0 aliphatic carbocycles. The number of rotatable bonds is 3. The second-order valence-corrected chi connectivity index (χ2v) is 2.59. The first-order valence-corrected chi connectivity index (χ1v) is 3.76. The van der Waals surface area contributed by atoms with Crippen molar-refractivity contribution in [2.45, 2.75) is 13.0 Å². The van der Waals surface area contributed by atoms with Crippen LogP contribution in [-0.4, -0.2) is 16.1 Å². The van der Waals surface area contributed by atoms with Crippen LogP contribution in [0.3, 0.4) is 0 Å². The fourth-order valence-electron chi connectivity index (χ4n) is 0.984. The quantitative estimate of drug-likeness (QED) is 0.771. The van der Waals surface area contributed by atoms with E-state index in [0.717, 1.165) is 6.07 Å². The van der Waals surface area contributed by atoms with Crippen molar-refractivity contribution in [3.05, 3.63) is 29.1 Å². The number of nitrogens with two attached hydrogens (primary N) is 1. The number of hydrogen-bond donors (Lipinski definition) is 2. The van der Waals surface area contributed by atoms with E-state index in [0.29, 0.717) is 5.56 Å². The zero-order valence-electron chi connectivity index (χ0n) is 7.08. The minimum atomic E-state index is -2.86. The van der Waals surface area contributed by atoms with Crippen molar-refractivity contribution in [3.63, 3.8) is 0 Å². The maximum atomic E-state index is 12.4. The summed E-state index contributed by atoms with van der Waals surface area (Å²) in [7, 11) is 0. The Bertz CT molecular complexity index is 355. The summed E-state index contributed by atoms with van der Waals surface area (Å²) < 4.78 is 24.7. The maximum Gasteiger partial charge on any atom is 0.354 e. The standard InChI is InChI=1S/C8H8F2N2O2/c9-7(10)5-1-4(2-11)3-12-6(5)8(13)14/h1,3,7H,2,11H2,(H,13,14). The number of hydrogen-bond acceptors (Lipinski definition) is 3. The molecule has 0 unspecified atom stereocenters. The molecular weight excluding hydrogens is 194 g/mol. The lowest BCUT2D eigenvalue weighted by Gasteiger charge is -2.05. The predicted molar refractivity (Wildman–Crippen MR) is 44.0 cm³/mol. The Morgan fingerprint density at radius 1 is 1.64 bits per heavy atom. The number of carboxylic acid groups (broad SMARTS) is 1. The number of carbonyl (C=O) groups is 1. The van der Waals surface area contributed by atoms with E-state index in [1.165, 1.54) is 6.20 Å². The van der Waals surface area contributed by atoms with Crippen LogP contribution in [0.5, 0.6) is 0 Å². The molecule has 0 saturated carbocycles. The van der Waals surface area contributed by atoms with Crippen LogP contribution in [0.15, 0.2) is 12.3 Å². The lowest BCUT2D eigenvalue weighted by atomic mass is 10.1. The third kappa shape index (κ3) is 2.02. The normalized spacial score (nSPS) is 10.6. The van der Waals surface area contributed by atoms with Gasteiger partial charge in [-0.05, 0) is 11.6 Å². The molecule has 4 nitrogen and oxygen atoms in total. The van der Waals surface area contributed by atoms with Gasteiger partial charge in [-0.25, -0.2) is 18.6 Å². The van der Waals surface area contributed by atoms with Crippen molar-refractivity contribution < 1.29 is 18.7 Å². The number of nitrogens with zero attached hydrogens (tertiary/aromatic N) is 1. The fourth-order valence-corrected chi connectivity index (χ4v) is 0.984. The third-order valence-corrected chi connectivity index (χ3v) is 1.65. The third-order valence-electron chi connectivity index (χ3n) is 1.65. The van der Waals surface area contributed by atoms with Crippen LogP contribution < -0.4 is 5.73 Å². The largest absolute Gasteiger partial charge is 0.476 e. The first-order chi connectivity index (χ1) is 6.56. The molecule has 3 N–H and O–H groups in total. The molecule has 0 fully saturated rings. The molecule has 1 aromatic rings. The Balaban J connectivity index is 3.24. The van der Waals surface area contributed by atoms with Crippen LogP contribution in [0, 0.1) is 0 Å². The molecule has 0 aliphatic heterocycles. The second-order valence-electron chi connectivity index (χ2n) is 2.59. The topological polar surface area (TPSA) is 76.2 Å². The molecular formula is C8H8F2N2O2. The van der Waals surface area contributed by atoms with E-state index in [2.05, 4.69) is 4.98 Å². The van der Waals surface area contributed by atoms with Crippen molar-refractivity contribution in [3.8, 4) is 0 Å². The lowest BCUT2D eigenvalue weighted by molar-refractivity contribution is 0.0677. The van der Waals surface area contributed by atoms with E-state index in [-0.39, 0.29) is 6.54 Å². The van der Waals surface area contributed by atoms with Crippen molar-refractivity contribution in [2.75, 3.05) is 0 Å². The number of aromatic nitrogens is 1. The maximum absolute atomic E-state index is 12.4. The van der Waals surface area contributed by atoms with E-state index in [9.17, 15) is 13.6 Å². The van der Waals surface area contributed by atoms with Crippen LogP contribution in [-0.2, 0) is 6.54 Å².